The van der Waals surface area contributed by atoms with E-state index < -0.39 is 0 Å². The molecule has 0 spiro atoms. The Morgan fingerprint density at radius 3 is 2.95 bits per heavy atom. The third kappa shape index (κ3) is 4.51. The zero-order valence-electron chi connectivity index (χ0n) is 11.6. The number of rotatable bonds is 7. The maximum atomic E-state index is 11.8. The fraction of sp³-hybridized carbons (Fsp3) is 0.533. The second kappa shape index (κ2) is 7.87. The summed E-state index contributed by atoms with van der Waals surface area (Å²) in [6, 6.07) is 9.67. The second-order valence-electron chi connectivity index (χ2n) is 4.96. The van der Waals surface area contributed by atoms with Gasteiger partial charge in [0.05, 0.1) is 19.7 Å². The largest absolute Gasteiger partial charge is 0.492 e. The van der Waals surface area contributed by atoms with Crippen LogP contribution in [0.3, 0.4) is 0 Å². The topological polar surface area (TPSA) is 61.8 Å². The summed E-state index contributed by atoms with van der Waals surface area (Å²) in [6.45, 7) is 2.32. The van der Waals surface area contributed by atoms with Crippen LogP contribution >= 0.6 is 0 Å². The average molecular weight is 278 g/mol. The molecule has 1 aliphatic heterocycles. The Morgan fingerprint density at radius 2 is 2.20 bits per heavy atom. The van der Waals surface area contributed by atoms with Gasteiger partial charge in [-0.25, -0.2) is 0 Å². The molecule has 1 atom stereocenters. The summed E-state index contributed by atoms with van der Waals surface area (Å²) in [4.78, 5) is 13.8. The minimum atomic E-state index is -0.0120. The smallest absolute Gasteiger partial charge is 0.234 e. The number of nitrogens with one attached hydrogen (secondary N) is 1. The summed E-state index contributed by atoms with van der Waals surface area (Å²) in [5.41, 5.74) is 0. The van der Waals surface area contributed by atoms with Gasteiger partial charge in [-0.05, 0) is 31.5 Å². The number of carbonyl (C=O) groups excluding carboxylic acids is 1. The van der Waals surface area contributed by atoms with Crippen molar-refractivity contribution in [3.8, 4) is 5.75 Å². The molecule has 1 saturated heterocycles. The molecule has 2 N–H and O–H groups in total. The van der Waals surface area contributed by atoms with E-state index in [0.717, 1.165) is 25.1 Å². The summed E-state index contributed by atoms with van der Waals surface area (Å²) < 4.78 is 5.50. The summed E-state index contributed by atoms with van der Waals surface area (Å²) in [5, 5.41) is 12.0. The molecule has 1 heterocycles. The van der Waals surface area contributed by atoms with E-state index in [0.29, 0.717) is 19.7 Å². The van der Waals surface area contributed by atoms with Gasteiger partial charge in [0.15, 0.2) is 0 Å². The van der Waals surface area contributed by atoms with E-state index in [1.54, 1.807) is 0 Å². The maximum absolute atomic E-state index is 11.8. The first-order valence-electron chi connectivity index (χ1n) is 7.09. The number of carbonyl (C=O) groups is 1. The number of ether oxygens (including phenoxy) is 1. The van der Waals surface area contributed by atoms with Gasteiger partial charge in [-0.1, -0.05) is 18.2 Å². The van der Waals surface area contributed by atoms with Crippen LogP contribution < -0.4 is 10.1 Å². The highest BCUT2D eigenvalue weighted by molar-refractivity contribution is 5.78. The number of hydrogen-bond donors (Lipinski definition) is 2. The molecule has 1 aromatic rings. The van der Waals surface area contributed by atoms with E-state index in [4.69, 9.17) is 4.74 Å². The first-order valence-corrected chi connectivity index (χ1v) is 7.09. The van der Waals surface area contributed by atoms with E-state index in [-0.39, 0.29) is 18.6 Å². The van der Waals surface area contributed by atoms with Gasteiger partial charge in [0.2, 0.25) is 5.91 Å². The summed E-state index contributed by atoms with van der Waals surface area (Å²) in [7, 11) is 0. The molecule has 1 fully saturated rings. The van der Waals surface area contributed by atoms with Crippen molar-refractivity contribution in [2.75, 3.05) is 32.8 Å². The highest BCUT2D eigenvalue weighted by atomic mass is 16.5. The van der Waals surface area contributed by atoms with Crippen LogP contribution in [0.1, 0.15) is 12.8 Å². The van der Waals surface area contributed by atoms with Gasteiger partial charge >= 0.3 is 0 Å². The molecule has 1 aliphatic rings. The van der Waals surface area contributed by atoms with Gasteiger partial charge in [-0.2, -0.15) is 0 Å². The molecule has 5 nitrogen and oxygen atoms in total. The first kappa shape index (κ1) is 14.8. The number of para-hydroxylation sites is 1. The van der Waals surface area contributed by atoms with Crippen LogP contribution in [0.2, 0.25) is 0 Å². The average Bonchev–Trinajstić information content (AvgIpc) is 2.92. The molecule has 20 heavy (non-hydrogen) atoms. The lowest BCUT2D eigenvalue weighted by molar-refractivity contribution is -0.122. The van der Waals surface area contributed by atoms with Gasteiger partial charge in [0, 0.05) is 6.04 Å². The quantitative estimate of drug-likeness (QED) is 0.719. The van der Waals surface area contributed by atoms with Crippen LogP contribution in [-0.4, -0.2) is 54.8 Å². The van der Waals surface area contributed by atoms with Crippen molar-refractivity contribution in [2.24, 2.45) is 0 Å². The van der Waals surface area contributed by atoms with Crippen molar-refractivity contribution >= 4 is 5.91 Å². The van der Waals surface area contributed by atoms with E-state index in [9.17, 15) is 9.90 Å². The SMILES string of the molecule is O=C(CN1CCC[C@H]1CO)NCCOc1ccccc1. The lowest BCUT2D eigenvalue weighted by Crippen LogP contribution is -2.42. The molecule has 110 valence electrons. The first-order chi connectivity index (χ1) is 9.79. The van der Waals surface area contributed by atoms with Crippen molar-refractivity contribution in [1.82, 2.24) is 10.2 Å². The second-order valence-corrected chi connectivity index (χ2v) is 4.96. The minimum Gasteiger partial charge on any atom is -0.492 e. The number of aliphatic hydroxyl groups is 1. The Hall–Kier alpha value is -1.59. The monoisotopic (exact) mass is 278 g/mol. The lowest BCUT2D eigenvalue weighted by Gasteiger charge is -2.21. The Kier molecular flexibility index (Phi) is 5.83. The standard InChI is InChI=1S/C15H22N2O3/c18-12-13-5-4-9-17(13)11-15(19)16-8-10-20-14-6-2-1-3-7-14/h1-3,6-7,13,18H,4-5,8-12H2,(H,16,19)/t13-/m0/s1. The van der Waals surface area contributed by atoms with Gasteiger partial charge in [-0.3, -0.25) is 9.69 Å². The van der Waals surface area contributed by atoms with Crippen LogP contribution in [0.25, 0.3) is 0 Å². The Labute approximate surface area is 119 Å². The van der Waals surface area contributed by atoms with Crippen LogP contribution in [0, 0.1) is 0 Å². The van der Waals surface area contributed by atoms with Crippen LogP contribution in [-0.2, 0) is 4.79 Å². The molecule has 0 radical (unpaired) electrons. The lowest BCUT2D eigenvalue weighted by atomic mass is 10.2. The molecular weight excluding hydrogens is 256 g/mol. The van der Waals surface area contributed by atoms with E-state index >= 15 is 0 Å². The molecule has 0 aliphatic carbocycles. The number of benzene rings is 1. The molecular formula is C15H22N2O3. The fourth-order valence-electron chi connectivity index (χ4n) is 2.43. The fourth-order valence-corrected chi connectivity index (χ4v) is 2.43. The third-order valence-electron chi connectivity index (χ3n) is 3.49. The van der Waals surface area contributed by atoms with Gasteiger partial charge < -0.3 is 15.2 Å². The van der Waals surface area contributed by atoms with Gasteiger partial charge in [0.25, 0.3) is 0 Å². The maximum Gasteiger partial charge on any atom is 0.234 e. The summed E-state index contributed by atoms with van der Waals surface area (Å²) >= 11 is 0. The predicted molar refractivity (Wildman–Crippen MR) is 76.6 cm³/mol. The predicted octanol–water partition coefficient (Wildman–Crippen LogP) is 0.638. The molecule has 0 saturated carbocycles. The number of aliphatic hydroxyl groups excluding tert-OH is 1. The zero-order chi connectivity index (χ0) is 14.2. The van der Waals surface area contributed by atoms with Crippen molar-refractivity contribution in [3.63, 3.8) is 0 Å². The number of amides is 1. The van der Waals surface area contributed by atoms with Crippen molar-refractivity contribution < 1.29 is 14.6 Å². The molecule has 0 bridgehead atoms. The van der Waals surface area contributed by atoms with Crippen molar-refractivity contribution in [1.29, 1.82) is 0 Å². The third-order valence-corrected chi connectivity index (χ3v) is 3.49. The van der Waals surface area contributed by atoms with Crippen LogP contribution in [0.15, 0.2) is 30.3 Å². The Morgan fingerprint density at radius 1 is 1.40 bits per heavy atom. The highest BCUT2D eigenvalue weighted by Crippen LogP contribution is 2.15. The normalized spacial score (nSPS) is 18.9. The van der Waals surface area contributed by atoms with E-state index in [1.807, 2.05) is 35.2 Å². The number of nitrogens with zero attached hydrogens (tertiary/aromatic N) is 1. The van der Waals surface area contributed by atoms with Crippen LogP contribution in [0.4, 0.5) is 0 Å². The minimum absolute atomic E-state index is 0.0120. The van der Waals surface area contributed by atoms with E-state index in [1.165, 1.54) is 0 Å². The number of likely N-dealkylation sites (tertiary alicyclic amines) is 1. The Balaban J connectivity index is 1.61. The molecule has 0 unspecified atom stereocenters. The molecule has 0 aromatic heterocycles. The Bertz CT molecular complexity index is 411. The number of hydrogen-bond acceptors (Lipinski definition) is 4. The van der Waals surface area contributed by atoms with E-state index in [2.05, 4.69) is 5.32 Å². The van der Waals surface area contributed by atoms with Gasteiger partial charge in [0.1, 0.15) is 12.4 Å². The van der Waals surface area contributed by atoms with Crippen molar-refractivity contribution in [3.05, 3.63) is 30.3 Å². The van der Waals surface area contributed by atoms with Gasteiger partial charge in [-0.15, -0.1) is 0 Å². The molecule has 1 aromatic carbocycles. The molecule has 1 amide bonds. The molecule has 2 rings (SSSR count). The van der Waals surface area contributed by atoms with Crippen molar-refractivity contribution in [2.45, 2.75) is 18.9 Å². The highest BCUT2D eigenvalue weighted by Gasteiger charge is 2.25. The molecule has 5 heteroatoms. The summed E-state index contributed by atoms with van der Waals surface area (Å²) in [6.07, 6.45) is 2.02. The van der Waals surface area contributed by atoms with Crippen LogP contribution in [0.5, 0.6) is 5.75 Å². The zero-order valence-corrected chi connectivity index (χ0v) is 11.6. The summed E-state index contributed by atoms with van der Waals surface area (Å²) in [5.74, 6) is 0.795.